The first-order valence-electron chi connectivity index (χ1n) is 20.9. The molecule has 0 unspecified atom stereocenters. The fourth-order valence-electron chi connectivity index (χ4n) is 7.81. The number of aliphatic hydroxyl groups is 2. The molecule has 8 aromatic rings. The zero-order valence-corrected chi connectivity index (χ0v) is 37.6. The van der Waals surface area contributed by atoms with E-state index in [-0.39, 0.29) is 13.2 Å². The van der Waals surface area contributed by atoms with Gasteiger partial charge in [-0.15, -0.1) is 10.2 Å². The maximum Gasteiger partial charge on any atom is 0.323 e. The Morgan fingerprint density at radius 3 is 1.30 bits per heavy atom. The van der Waals surface area contributed by atoms with E-state index in [1.807, 2.05) is 24.3 Å². The molecular weight excluding hydrogens is 1020 g/mol. The summed E-state index contributed by atoms with van der Waals surface area (Å²) in [5.41, 5.74) is -6.38. The lowest BCUT2D eigenvalue weighted by atomic mass is 9.84. The Morgan fingerprint density at radius 1 is 0.507 bits per heavy atom. The molecule has 2 atom stereocenters. The van der Waals surface area contributed by atoms with Crippen molar-refractivity contribution >= 4 is 27.3 Å². The largest absolute Gasteiger partial charge is 0.377 e. The highest BCUT2D eigenvalue weighted by atomic mass is 79.9. The Kier molecular flexibility index (Phi) is 15.2. The van der Waals surface area contributed by atoms with E-state index in [0.717, 1.165) is 108 Å². The summed E-state index contributed by atoms with van der Waals surface area (Å²) in [6.07, 6.45) is 4.34. The molecule has 4 aromatic heterocycles. The van der Waals surface area contributed by atoms with Crippen LogP contribution in [0.5, 0.6) is 0 Å². The summed E-state index contributed by atoms with van der Waals surface area (Å²) in [5, 5.41) is 42.6. The Bertz CT molecular complexity index is 3010. The van der Waals surface area contributed by atoms with Gasteiger partial charge in [0.1, 0.15) is 53.1 Å². The molecule has 0 radical (unpaired) electrons. The number of alkyl halides is 4. The minimum absolute atomic E-state index is 0. The van der Waals surface area contributed by atoms with E-state index in [2.05, 4.69) is 66.7 Å². The lowest BCUT2D eigenvalue weighted by Gasteiger charge is -2.37. The van der Waals surface area contributed by atoms with Crippen molar-refractivity contribution in [1.82, 2.24) is 50.4 Å². The Hall–Kier alpha value is -7.31. The van der Waals surface area contributed by atoms with E-state index in [0.29, 0.717) is 22.2 Å². The van der Waals surface area contributed by atoms with Gasteiger partial charge in [-0.05, 0) is 121 Å². The van der Waals surface area contributed by atoms with Crippen LogP contribution in [0.25, 0.3) is 11.1 Å². The number of halogens is 10. The van der Waals surface area contributed by atoms with E-state index >= 15 is 17.6 Å². The van der Waals surface area contributed by atoms with Crippen LogP contribution in [0.15, 0.2) is 139 Å². The third kappa shape index (κ3) is 10.7. The van der Waals surface area contributed by atoms with Gasteiger partial charge in [-0.25, -0.2) is 31.3 Å². The average Bonchev–Trinajstić information content (AvgIpc) is 4.07. The molecule has 0 saturated carbocycles. The van der Waals surface area contributed by atoms with Gasteiger partial charge in [0.05, 0.1) is 13.1 Å². The molecule has 14 nitrogen and oxygen atoms in total. The summed E-state index contributed by atoms with van der Waals surface area (Å²) in [6, 6.07) is 22.7. The van der Waals surface area contributed by atoms with E-state index < -0.39 is 81.9 Å². The minimum atomic E-state index is -4.14. The second-order valence-electron chi connectivity index (χ2n) is 15.9. The Morgan fingerprint density at radius 2 is 0.915 bits per heavy atom. The van der Waals surface area contributed by atoms with Crippen LogP contribution in [0, 0.1) is 29.1 Å². The van der Waals surface area contributed by atoms with Gasteiger partial charge in [0.25, 0.3) is 0 Å². The van der Waals surface area contributed by atoms with Crippen LogP contribution < -0.4 is 9.80 Å². The molecule has 24 heteroatoms. The SMILES string of the molecule is C.O[C@@](Cn1cnnn1)(c1ccc(F)cc1F)C(F)(F)c1ccc(-c2ccc(N3CCN(c4ccc(F)cc4)CC3)cc2)cn1.O[C@@](Cn1cnnn1)(c1ccc(F)cc1F)C(F)(F)c1ccc(Br)cn1. The van der Waals surface area contributed by atoms with Crippen molar-refractivity contribution in [3.05, 3.63) is 190 Å². The van der Waals surface area contributed by atoms with E-state index in [1.165, 1.54) is 30.5 Å². The van der Waals surface area contributed by atoms with Gasteiger partial charge in [-0.3, -0.25) is 9.97 Å². The highest BCUT2D eigenvalue weighted by molar-refractivity contribution is 9.10. The number of rotatable bonds is 13. The summed E-state index contributed by atoms with van der Waals surface area (Å²) in [6.45, 7) is 1.25. The smallest absolute Gasteiger partial charge is 0.323 e. The molecule has 9 rings (SSSR count). The van der Waals surface area contributed by atoms with Crippen LogP contribution in [0.3, 0.4) is 0 Å². The standard InChI is InChI=1S/C31H26F5N7O.C15H10BrF4N5O.CH4/c32-23-4-9-26(10-5-23)42-15-13-41(14-16-42)25-7-1-21(2-8-25)22-3-12-29(37-18-22)31(35,36)30(44,19-43-20-38-39-40-43)27-11-6-24(33)17-28(27)34;16-9-1-4-13(21-6-9)15(19,20)14(26,7-25-8-22-23-24-25)11-3-2-10(17)5-12(11)18;/h1-12,17-18,20,44H,13-16,19H2;1-6,8,26H,7H2;1H4/t30-;14-;/m00./s1. The van der Waals surface area contributed by atoms with Gasteiger partial charge in [0.15, 0.2) is 11.2 Å². The van der Waals surface area contributed by atoms with Crippen molar-refractivity contribution in [3.8, 4) is 11.1 Å². The van der Waals surface area contributed by atoms with Crippen LogP contribution in [0.1, 0.15) is 29.9 Å². The number of piperazine rings is 1. The summed E-state index contributed by atoms with van der Waals surface area (Å²) in [4.78, 5) is 12.0. The molecule has 0 bridgehead atoms. The first kappa shape index (κ1) is 51.5. The fourth-order valence-corrected chi connectivity index (χ4v) is 8.04. The van der Waals surface area contributed by atoms with Crippen molar-refractivity contribution in [2.24, 2.45) is 0 Å². The Balaban J connectivity index is 0.000000235. The first-order valence-corrected chi connectivity index (χ1v) is 21.6. The van der Waals surface area contributed by atoms with E-state index in [4.69, 9.17) is 0 Å². The van der Waals surface area contributed by atoms with Crippen molar-refractivity contribution in [1.29, 1.82) is 0 Å². The zero-order chi connectivity index (χ0) is 49.8. The number of aromatic nitrogens is 10. The van der Waals surface area contributed by atoms with E-state index in [9.17, 15) is 32.2 Å². The van der Waals surface area contributed by atoms with Crippen molar-refractivity contribution in [2.75, 3.05) is 36.0 Å². The fraction of sp³-hybridized carbons (Fsp3) is 0.234. The quantitative estimate of drug-likeness (QED) is 0.106. The van der Waals surface area contributed by atoms with Crippen molar-refractivity contribution in [3.63, 3.8) is 0 Å². The van der Waals surface area contributed by atoms with Crippen LogP contribution >= 0.6 is 15.9 Å². The molecule has 1 aliphatic rings. The molecule has 1 fully saturated rings. The zero-order valence-electron chi connectivity index (χ0n) is 36.0. The van der Waals surface area contributed by atoms with Crippen LogP contribution in [-0.2, 0) is 36.1 Å². The van der Waals surface area contributed by atoms with Gasteiger partial charge >= 0.3 is 11.8 Å². The molecule has 2 N–H and O–H groups in total. The summed E-state index contributed by atoms with van der Waals surface area (Å²) in [5.74, 6) is -13.1. The molecule has 370 valence electrons. The molecule has 0 amide bonds. The average molecular weight is 1060 g/mol. The maximum atomic E-state index is 16.0. The predicted molar refractivity (Wildman–Crippen MR) is 243 cm³/mol. The molecule has 71 heavy (non-hydrogen) atoms. The molecule has 0 spiro atoms. The topological polar surface area (TPSA) is 160 Å². The van der Waals surface area contributed by atoms with Crippen molar-refractivity contribution < 1.29 is 49.7 Å². The van der Waals surface area contributed by atoms with Gasteiger partial charge in [-0.2, -0.15) is 17.6 Å². The summed E-state index contributed by atoms with van der Waals surface area (Å²) >= 11 is 3.07. The molecule has 5 heterocycles. The molecule has 0 aliphatic carbocycles. The third-order valence-corrected chi connectivity index (χ3v) is 12.0. The number of hydrogen-bond acceptors (Lipinski definition) is 12. The van der Waals surface area contributed by atoms with Crippen LogP contribution in [0.2, 0.25) is 0 Å². The van der Waals surface area contributed by atoms with Gasteiger partial charge in [-0.1, -0.05) is 25.6 Å². The highest BCUT2D eigenvalue weighted by Crippen LogP contribution is 2.48. The van der Waals surface area contributed by atoms with Crippen LogP contribution in [-0.4, -0.2) is 86.8 Å². The second kappa shape index (κ2) is 21.0. The molecule has 4 aromatic carbocycles. The van der Waals surface area contributed by atoms with Crippen molar-refractivity contribution in [2.45, 2.75) is 43.6 Å². The molecule has 1 aliphatic heterocycles. The Labute approximate surface area is 407 Å². The second-order valence-corrected chi connectivity index (χ2v) is 16.8. The normalized spacial score (nSPS) is 14.7. The number of tetrazole rings is 2. The van der Waals surface area contributed by atoms with E-state index in [1.54, 1.807) is 12.1 Å². The third-order valence-electron chi connectivity index (χ3n) is 11.5. The molecule has 1 saturated heterocycles. The number of pyridine rings is 2. The van der Waals surface area contributed by atoms with Crippen LogP contribution in [0.4, 0.5) is 50.9 Å². The summed E-state index contributed by atoms with van der Waals surface area (Å²) in [7, 11) is 0. The minimum Gasteiger partial charge on any atom is -0.377 e. The summed E-state index contributed by atoms with van der Waals surface area (Å²) < 4.78 is 134. The predicted octanol–water partition coefficient (Wildman–Crippen LogP) is 8.58. The maximum absolute atomic E-state index is 16.0. The lowest BCUT2D eigenvalue weighted by molar-refractivity contribution is -0.207. The van der Waals surface area contributed by atoms with Gasteiger partial charge in [0.2, 0.25) is 0 Å². The lowest BCUT2D eigenvalue weighted by Crippen LogP contribution is -2.48. The number of anilines is 2. The number of nitrogens with zero attached hydrogens (tertiary/aromatic N) is 12. The highest BCUT2D eigenvalue weighted by Gasteiger charge is 2.59. The van der Waals surface area contributed by atoms with Gasteiger partial charge < -0.3 is 20.0 Å². The van der Waals surface area contributed by atoms with Gasteiger partial charge in [0, 0.05) is 83.2 Å². The molecular formula is C47H40BrF9N12O2. The monoisotopic (exact) mass is 1050 g/mol. The number of benzene rings is 4. The first-order chi connectivity index (χ1) is 33.4. The number of hydrogen-bond donors (Lipinski definition) is 2.